The van der Waals surface area contributed by atoms with Crippen LogP contribution in [0.1, 0.15) is 6.92 Å². The van der Waals surface area contributed by atoms with Gasteiger partial charge < -0.3 is 9.47 Å². The average molecular weight is 228 g/mol. The number of hydrogen-bond donors (Lipinski definition) is 0. The van der Waals surface area contributed by atoms with E-state index in [4.69, 9.17) is 0 Å². The van der Waals surface area contributed by atoms with Gasteiger partial charge in [-0.15, -0.1) is 3.89 Å². The molecule has 0 atom stereocenters. The fraction of sp³-hybridized carbons (Fsp3) is 0.667. The molecule has 0 amide bonds. The number of carbonyl (C=O) groups excluding carboxylic acids is 2. The van der Waals surface area contributed by atoms with Crippen molar-refractivity contribution in [3.63, 3.8) is 0 Å². The van der Waals surface area contributed by atoms with Crippen LogP contribution >= 0.6 is 0 Å². The lowest BCUT2D eigenvalue weighted by atomic mass is 10.7. The molecule has 82 valence electrons. The minimum Gasteiger partial charge on any atom is -0.462 e. The van der Waals surface area contributed by atoms with Gasteiger partial charge in [0.2, 0.25) is 0 Å². The van der Waals surface area contributed by atoms with Gasteiger partial charge in [0.1, 0.15) is 13.2 Å². The minimum absolute atomic E-state index is 0.187. The van der Waals surface area contributed by atoms with E-state index in [0.29, 0.717) is 0 Å². The third-order valence-corrected chi connectivity index (χ3v) is 1.52. The Morgan fingerprint density at radius 3 is 2.14 bits per heavy atom. The second-order valence-electron chi connectivity index (χ2n) is 2.24. The lowest BCUT2D eigenvalue weighted by Crippen LogP contribution is -2.18. The van der Waals surface area contributed by atoms with E-state index >= 15 is 0 Å². The highest BCUT2D eigenvalue weighted by molar-refractivity contribution is 7.87. The normalized spacial score (nSPS) is 10.7. The van der Waals surface area contributed by atoms with Crippen molar-refractivity contribution < 1.29 is 31.4 Å². The predicted octanol–water partition coefficient (Wildman–Crippen LogP) is -0.608. The lowest BCUT2D eigenvalue weighted by Gasteiger charge is -2.02. The Hall–Kier alpha value is -1.18. The van der Waals surface area contributed by atoms with Crippen LogP contribution in [0.15, 0.2) is 0 Å². The van der Waals surface area contributed by atoms with Crippen LogP contribution in [-0.4, -0.2) is 39.3 Å². The van der Waals surface area contributed by atoms with Crippen molar-refractivity contribution in [2.24, 2.45) is 0 Å². The topological polar surface area (TPSA) is 86.7 Å². The number of rotatable bonds is 5. The van der Waals surface area contributed by atoms with Crippen molar-refractivity contribution >= 4 is 22.2 Å². The van der Waals surface area contributed by atoms with Gasteiger partial charge in [0.15, 0.2) is 5.75 Å². The Kier molecular flexibility index (Phi) is 5.06. The smallest absolute Gasteiger partial charge is 0.324 e. The zero-order valence-electron chi connectivity index (χ0n) is 7.36. The maximum Gasteiger partial charge on any atom is 0.324 e. The van der Waals surface area contributed by atoms with E-state index in [1.807, 2.05) is 0 Å². The molecule has 0 radical (unpaired) electrons. The highest BCUT2D eigenvalue weighted by atomic mass is 32.3. The largest absolute Gasteiger partial charge is 0.462 e. The first kappa shape index (κ1) is 12.8. The SMILES string of the molecule is CC(=O)OCCOC(=O)CS(=O)(=O)F. The molecular formula is C6H9FO6S. The monoisotopic (exact) mass is 228 g/mol. The van der Waals surface area contributed by atoms with Gasteiger partial charge in [0.05, 0.1) is 0 Å². The molecule has 0 heterocycles. The van der Waals surface area contributed by atoms with Gasteiger partial charge >= 0.3 is 22.2 Å². The van der Waals surface area contributed by atoms with E-state index in [9.17, 15) is 21.9 Å². The number of halogens is 1. The summed E-state index contributed by atoms with van der Waals surface area (Å²) in [6, 6.07) is 0. The summed E-state index contributed by atoms with van der Waals surface area (Å²) in [5.74, 6) is -3.11. The molecule has 14 heavy (non-hydrogen) atoms. The summed E-state index contributed by atoms with van der Waals surface area (Å²) in [6.45, 7) is 0.676. The summed E-state index contributed by atoms with van der Waals surface area (Å²) in [5, 5.41) is 0. The van der Waals surface area contributed by atoms with Crippen LogP contribution in [0.4, 0.5) is 3.89 Å². The number of carbonyl (C=O) groups is 2. The molecule has 0 saturated carbocycles. The molecule has 8 heteroatoms. The molecule has 0 aliphatic rings. The zero-order chi connectivity index (χ0) is 11.2. The molecule has 0 aliphatic carbocycles. The van der Waals surface area contributed by atoms with Crippen LogP contribution in [0.5, 0.6) is 0 Å². The molecule has 0 aliphatic heterocycles. The van der Waals surface area contributed by atoms with E-state index in [1.54, 1.807) is 0 Å². The lowest BCUT2D eigenvalue weighted by molar-refractivity contribution is -0.149. The van der Waals surface area contributed by atoms with Crippen molar-refractivity contribution in [1.82, 2.24) is 0 Å². The summed E-state index contributed by atoms with van der Waals surface area (Å²) in [4.78, 5) is 20.7. The summed E-state index contributed by atoms with van der Waals surface area (Å²) in [7, 11) is -4.86. The van der Waals surface area contributed by atoms with E-state index in [-0.39, 0.29) is 13.2 Å². The molecule has 0 aromatic rings. The van der Waals surface area contributed by atoms with Crippen LogP contribution in [0.2, 0.25) is 0 Å². The van der Waals surface area contributed by atoms with Crippen LogP contribution in [0.3, 0.4) is 0 Å². The summed E-state index contributed by atoms with van der Waals surface area (Å²) < 4.78 is 40.3. The highest BCUT2D eigenvalue weighted by Gasteiger charge is 2.15. The van der Waals surface area contributed by atoms with Crippen LogP contribution in [-0.2, 0) is 29.3 Å². The number of esters is 2. The van der Waals surface area contributed by atoms with E-state index in [2.05, 4.69) is 9.47 Å². The van der Waals surface area contributed by atoms with Gasteiger partial charge in [-0.2, -0.15) is 8.42 Å². The summed E-state index contributed by atoms with van der Waals surface area (Å²) in [6.07, 6.45) is 0. The summed E-state index contributed by atoms with van der Waals surface area (Å²) >= 11 is 0. The van der Waals surface area contributed by atoms with E-state index < -0.39 is 27.9 Å². The van der Waals surface area contributed by atoms with Gasteiger partial charge in [0, 0.05) is 6.92 Å². The van der Waals surface area contributed by atoms with Gasteiger partial charge in [-0.3, -0.25) is 9.59 Å². The molecule has 0 unspecified atom stereocenters. The second-order valence-corrected chi connectivity index (χ2v) is 3.61. The molecule has 0 bridgehead atoms. The molecule has 0 N–H and O–H groups in total. The Labute approximate surface area is 80.2 Å². The molecule has 0 fully saturated rings. The van der Waals surface area contributed by atoms with Crippen LogP contribution < -0.4 is 0 Å². The first-order valence-corrected chi connectivity index (χ1v) is 5.08. The Morgan fingerprint density at radius 2 is 1.71 bits per heavy atom. The van der Waals surface area contributed by atoms with Crippen LogP contribution in [0, 0.1) is 0 Å². The van der Waals surface area contributed by atoms with Gasteiger partial charge in [0.25, 0.3) is 0 Å². The minimum atomic E-state index is -4.86. The standard InChI is InChI=1S/C6H9FO6S/c1-5(8)12-2-3-13-6(9)4-14(7,10)11/h2-4H2,1H3. The fourth-order valence-electron chi connectivity index (χ4n) is 0.523. The van der Waals surface area contributed by atoms with Crippen molar-refractivity contribution in [3.8, 4) is 0 Å². The first-order chi connectivity index (χ1) is 6.31. The first-order valence-electron chi connectivity index (χ1n) is 3.52. The number of hydrogen-bond acceptors (Lipinski definition) is 6. The molecule has 6 nitrogen and oxygen atoms in total. The maximum atomic E-state index is 11.9. The Bertz CT molecular complexity index is 308. The molecule has 0 saturated heterocycles. The van der Waals surface area contributed by atoms with Gasteiger partial charge in [-0.05, 0) is 0 Å². The maximum absolute atomic E-state index is 11.9. The van der Waals surface area contributed by atoms with Gasteiger partial charge in [-0.25, -0.2) is 0 Å². The molecular weight excluding hydrogens is 219 g/mol. The molecule has 0 aromatic heterocycles. The predicted molar refractivity (Wildman–Crippen MR) is 42.5 cm³/mol. The highest BCUT2D eigenvalue weighted by Crippen LogP contribution is 1.92. The number of ether oxygens (including phenoxy) is 2. The van der Waals surface area contributed by atoms with Gasteiger partial charge in [-0.1, -0.05) is 0 Å². The van der Waals surface area contributed by atoms with Crippen molar-refractivity contribution in [2.75, 3.05) is 19.0 Å². The molecule has 0 aromatic carbocycles. The second kappa shape index (κ2) is 5.53. The van der Waals surface area contributed by atoms with Crippen molar-refractivity contribution in [1.29, 1.82) is 0 Å². The summed E-state index contributed by atoms with van der Waals surface area (Å²) in [5.41, 5.74) is 0. The van der Waals surface area contributed by atoms with Crippen LogP contribution in [0.25, 0.3) is 0 Å². The average Bonchev–Trinajstić information content (AvgIpc) is 1.94. The third-order valence-electron chi connectivity index (χ3n) is 0.942. The van der Waals surface area contributed by atoms with E-state index in [0.717, 1.165) is 6.92 Å². The Morgan fingerprint density at radius 1 is 1.21 bits per heavy atom. The molecule has 0 rings (SSSR count). The fourth-order valence-corrected chi connectivity index (χ4v) is 0.888. The third kappa shape index (κ3) is 8.91. The zero-order valence-corrected chi connectivity index (χ0v) is 8.17. The van der Waals surface area contributed by atoms with E-state index in [1.165, 1.54) is 0 Å². The quantitative estimate of drug-likeness (QED) is 0.354. The molecule has 0 spiro atoms. The van der Waals surface area contributed by atoms with Crippen molar-refractivity contribution in [2.45, 2.75) is 6.92 Å². The van der Waals surface area contributed by atoms with Crippen molar-refractivity contribution in [3.05, 3.63) is 0 Å². The Balaban J connectivity index is 3.61.